The molecule has 1 heterocycles. The average molecular weight is 501 g/mol. The summed E-state index contributed by atoms with van der Waals surface area (Å²) in [5.41, 5.74) is 1.80. The fourth-order valence-corrected chi connectivity index (χ4v) is 4.86. The highest BCUT2D eigenvalue weighted by Crippen LogP contribution is 2.25. The molecule has 9 nitrogen and oxygen atoms in total. The van der Waals surface area contributed by atoms with E-state index in [9.17, 15) is 13.2 Å². The number of methoxy groups -OCH3 is 2. The van der Waals surface area contributed by atoms with Gasteiger partial charge in [0.15, 0.2) is 5.03 Å². The first-order valence-corrected chi connectivity index (χ1v) is 12.6. The van der Waals surface area contributed by atoms with Crippen molar-refractivity contribution >= 4 is 15.9 Å². The molecule has 0 atom stereocenters. The standard InChI is InChI=1S/C25H32N4O5S/c1-18(2)29-23(25(30)27(3)4)15-24(26-29)35(31,32)28(16-19-7-11-21(33-5)12-8-19)17-20-9-13-22(34-6)14-10-20/h7-15,18H,16-17H2,1-6H3. The van der Waals surface area contributed by atoms with Gasteiger partial charge in [-0.2, -0.15) is 9.40 Å². The van der Waals surface area contributed by atoms with Gasteiger partial charge in [-0.25, -0.2) is 8.42 Å². The number of sulfonamides is 1. The lowest BCUT2D eigenvalue weighted by molar-refractivity contribution is 0.0813. The Bertz CT molecular complexity index is 1200. The molecule has 0 aliphatic heterocycles. The molecule has 0 aliphatic carbocycles. The molecule has 0 spiro atoms. The third-order valence-electron chi connectivity index (χ3n) is 5.47. The minimum absolute atomic E-state index is 0.115. The predicted molar refractivity (Wildman–Crippen MR) is 133 cm³/mol. The van der Waals surface area contributed by atoms with Crippen LogP contribution in [0.4, 0.5) is 0 Å². The zero-order chi connectivity index (χ0) is 25.8. The van der Waals surface area contributed by atoms with Crippen LogP contribution in [0.1, 0.15) is 41.5 Å². The van der Waals surface area contributed by atoms with E-state index in [1.165, 1.54) is 20.0 Å². The summed E-state index contributed by atoms with van der Waals surface area (Å²) in [7, 11) is 2.34. The summed E-state index contributed by atoms with van der Waals surface area (Å²) in [6.07, 6.45) is 0. The van der Waals surface area contributed by atoms with Crippen molar-refractivity contribution in [1.82, 2.24) is 19.0 Å². The molecule has 2 aromatic carbocycles. The van der Waals surface area contributed by atoms with Gasteiger partial charge >= 0.3 is 0 Å². The van der Waals surface area contributed by atoms with Crippen molar-refractivity contribution < 1.29 is 22.7 Å². The van der Waals surface area contributed by atoms with Crippen molar-refractivity contribution in [2.24, 2.45) is 0 Å². The number of nitrogens with zero attached hydrogens (tertiary/aromatic N) is 4. The van der Waals surface area contributed by atoms with Gasteiger partial charge in [-0.15, -0.1) is 0 Å². The highest BCUT2D eigenvalue weighted by molar-refractivity contribution is 7.89. The Hall–Kier alpha value is -3.37. The van der Waals surface area contributed by atoms with Gasteiger partial charge in [0.25, 0.3) is 15.9 Å². The third kappa shape index (κ3) is 6.01. The van der Waals surface area contributed by atoms with E-state index >= 15 is 0 Å². The SMILES string of the molecule is COc1ccc(CN(Cc2ccc(OC)cc2)S(=O)(=O)c2cc(C(=O)N(C)C)n(C(C)C)n2)cc1. The highest BCUT2D eigenvalue weighted by Gasteiger charge is 2.31. The maximum atomic E-state index is 13.8. The quantitative estimate of drug-likeness (QED) is 0.422. The van der Waals surface area contributed by atoms with Crippen LogP contribution in [0.2, 0.25) is 0 Å². The van der Waals surface area contributed by atoms with E-state index in [2.05, 4.69) is 5.10 Å². The molecule has 1 amide bonds. The lowest BCUT2D eigenvalue weighted by Gasteiger charge is -2.21. The summed E-state index contributed by atoms with van der Waals surface area (Å²) < 4.78 is 40.9. The van der Waals surface area contributed by atoms with Crippen molar-refractivity contribution in [3.8, 4) is 11.5 Å². The summed E-state index contributed by atoms with van der Waals surface area (Å²) in [5, 5.41) is 4.18. The second-order valence-electron chi connectivity index (χ2n) is 8.57. The van der Waals surface area contributed by atoms with Crippen LogP contribution < -0.4 is 9.47 Å². The molecule has 0 fully saturated rings. The molecule has 0 radical (unpaired) electrons. The Labute approximate surface area is 206 Å². The van der Waals surface area contributed by atoms with Crippen LogP contribution in [0.5, 0.6) is 11.5 Å². The maximum Gasteiger partial charge on any atom is 0.271 e. The number of benzene rings is 2. The van der Waals surface area contributed by atoms with E-state index in [4.69, 9.17) is 9.47 Å². The summed E-state index contributed by atoms with van der Waals surface area (Å²) in [4.78, 5) is 14.1. The zero-order valence-corrected chi connectivity index (χ0v) is 21.7. The molecule has 0 N–H and O–H groups in total. The first kappa shape index (κ1) is 26.2. The monoisotopic (exact) mass is 500 g/mol. The smallest absolute Gasteiger partial charge is 0.271 e. The fourth-order valence-electron chi connectivity index (χ4n) is 3.51. The van der Waals surface area contributed by atoms with E-state index in [-0.39, 0.29) is 35.8 Å². The first-order valence-electron chi connectivity index (χ1n) is 11.1. The van der Waals surface area contributed by atoms with Gasteiger partial charge in [0.1, 0.15) is 17.2 Å². The van der Waals surface area contributed by atoms with Crippen LogP contribution >= 0.6 is 0 Å². The molecule has 0 unspecified atom stereocenters. The molecule has 188 valence electrons. The molecule has 1 aromatic heterocycles. The maximum absolute atomic E-state index is 13.8. The van der Waals surface area contributed by atoms with Crippen LogP contribution in [-0.4, -0.2) is 61.6 Å². The van der Waals surface area contributed by atoms with E-state index in [0.29, 0.717) is 11.5 Å². The molecule has 0 saturated carbocycles. The first-order chi connectivity index (χ1) is 16.6. The normalized spacial score (nSPS) is 11.7. The Morgan fingerprint density at radius 2 is 1.37 bits per heavy atom. The summed E-state index contributed by atoms with van der Waals surface area (Å²) in [6.45, 7) is 3.93. The molecule has 3 rings (SSSR count). The largest absolute Gasteiger partial charge is 0.497 e. The number of hydrogen-bond donors (Lipinski definition) is 0. The second kappa shape index (κ2) is 10.9. The van der Waals surface area contributed by atoms with Crippen molar-refractivity contribution in [2.45, 2.75) is 38.0 Å². The summed E-state index contributed by atoms with van der Waals surface area (Å²) in [5.74, 6) is 1.05. The van der Waals surface area contributed by atoms with Crippen molar-refractivity contribution in [1.29, 1.82) is 0 Å². The average Bonchev–Trinajstić information content (AvgIpc) is 3.30. The number of carbonyl (C=O) groups is 1. The van der Waals surface area contributed by atoms with Crippen LogP contribution in [0.15, 0.2) is 59.6 Å². The lowest BCUT2D eigenvalue weighted by Crippen LogP contribution is -2.30. The molecule has 3 aromatic rings. The number of amides is 1. The summed E-state index contributed by atoms with van der Waals surface area (Å²) in [6, 6.07) is 15.6. The number of rotatable bonds is 10. The molecule has 0 bridgehead atoms. The molecule has 35 heavy (non-hydrogen) atoms. The molecule has 10 heteroatoms. The van der Waals surface area contributed by atoms with Gasteiger partial charge in [0.05, 0.1) is 14.2 Å². The lowest BCUT2D eigenvalue weighted by atomic mass is 10.2. The van der Waals surface area contributed by atoms with Crippen molar-refractivity contribution in [2.75, 3.05) is 28.3 Å². The van der Waals surface area contributed by atoms with Crippen LogP contribution in [0, 0.1) is 0 Å². The van der Waals surface area contributed by atoms with Crippen LogP contribution in [-0.2, 0) is 23.1 Å². The van der Waals surface area contributed by atoms with E-state index in [0.717, 1.165) is 11.1 Å². The second-order valence-corrected chi connectivity index (χ2v) is 10.5. The van der Waals surface area contributed by atoms with Gasteiger partial charge in [-0.3, -0.25) is 9.48 Å². The van der Waals surface area contributed by atoms with Crippen LogP contribution in [0.3, 0.4) is 0 Å². The Balaban J connectivity index is 2.04. The third-order valence-corrected chi connectivity index (χ3v) is 7.13. The van der Waals surface area contributed by atoms with Gasteiger partial charge < -0.3 is 14.4 Å². The van der Waals surface area contributed by atoms with Gasteiger partial charge in [-0.05, 0) is 49.2 Å². The minimum atomic E-state index is -4.06. The molecule has 0 saturated heterocycles. The van der Waals surface area contributed by atoms with Gasteiger partial charge in [0, 0.05) is 39.3 Å². The molecular formula is C25H32N4O5S. The van der Waals surface area contributed by atoms with Crippen LogP contribution in [0.25, 0.3) is 0 Å². The van der Waals surface area contributed by atoms with E-state index in [1.807, 2.05) is 38.1 Å². The van der Waals surface area contributed by atoms with Gasteiger partial charge in [-0.1, -0.05) is 24.3 Å². The Morgan fingerprint density at radius 1 is 0.914 bits per heavy atom. The minimum Gasteiger partial charge on any atom is -0.497 e. The zero-order valence-electron chi connectivity index (χ0n) is 20.9. The number of aromatic nitrogens is 2. The van der Waals surface area contributed by atoms with Crippen molar-refractivity contribution in [3.63, 3.8) is 0 Å². The number of carbonyl (C=O) groups excluding carboxylic acids is 1. The van der Waals surface area contributed by atoms with Crippen molar-refractivity contribution in [3.05, 3.63) is 71.4 Å². The predicted octanol–water partition coefficient (Wildman–Crippen LogP) is 3.57. The molecule has 0 aliphatic rings. The van der Waals surface area contributed by atoms with Gasteiger partial charge in [0.2, 0.25) is 0 Å². The van der Waals surface area contributed by atoms with E-state index < -0.39 is 10.0 Å². The Morgan fingerprint density at radius 3 is 1.74 bits per heavy atom. The topological polar surface area (TPSA) is 94.0 Å². The molecular weight excluding hydrogens is 468 g/mol. The van der Waals surface area contributed by atoms with E-state index in [1.54, 1.807) is 52.6 Å². The Kier molecular flexibility index (Phi) is 8.18. The fraction of sp³-hybridized carbons (Fsp3) is 0.360. The number of ether oxygens (including phenoxy) is 2. The number of hydrogen-bond acceptors (Lipinski definition) is 6. The summed E-state index contributed by atoms with van der Waals surface area (Å²) >= 11 is 0. The highest BCUT2D eigenvalue weighted by atomic mass is 32.2.